The summed E-state index contributed by atoms with van der Waals surface area (Å²) >= 11 is 9.36. The number of thiophene rings is 1. The number of ether oxygens (including phenoxy) is 2. The number of nitrogens with two attached hydrogens (primary N) is 1. The summed E-state index contributed by atoms with van der Waals surface area (Å²) in [6, 6.07) is 11.1. The van der Waals surface area contributed by atoms with Crippen LogP contribution in [0.5, 0.6) is 11.5 Å². The average molecular weight is 608 g/mol. The molecular formula is C23H19ClIN5O3S. The molecule has 0 bridgehead atoms. The van der Waals surface area contributed by atoms with Gasteiger partial charge < -0.3 is 15.2 Å². The quantitative estimate of drug-likeness (QED) is 0.170. The molecule has 0 aliphatic rings. The Morgan fingerprint density at radius 1 is 1.29 bits per heavy atom. The molecule has 0 aliphatic heterocycles. The molecule has 0 saturated carbocycles. The fraction of sp³-hybridized carbons (Fsp3) is 0.130. The van der Waals surface area contributed by atoms with Crippen LogP contribution in [0.25, 0.3) is 10.2 Å². The summed E-state index contributed by atoms with van der Waals surface area (Å²) in [7, 11) is 1.57. The lowest BCUT2D eigenvalue weighted by Gasteiger charge is -2.13. The summed E-state index contributed by atoms with van der Waals surface area (Å²) < 4.78 is 12.3. The van der Waals surface area contributed by atoms with E-state index in [4.69, 9.17) is 26.8 Å². The van der Waals surface area contributed by atoms with Gasteiger partial charge in [0.15, 0.2) is 11.5 Å². The third-order valence-electron chi connectivity index (χ3n) is 4.89. The van der Waals surface area contributed by atoms with Crippen LogP contribution < -0.4 is 20.6 Å². The fourth-order valence-electron chi connectivity index (χ4n) is 3.22. The number of carbonyl (C=O) groups is 1. The van der Waals surface area contributed by atoms with Crippen molar-refractivity contribution >= 4 is 73.7 Å². The van der Waals surface area contributed by atoms with E-state index in [-0.39, 0.29) is 5.91 Å². The minimum atomic E-state index is -0.347. The van der Waals surface area contributed by atoms with Gasteiger partial charge in [-0.15, -0.1) is 11.3 Å². The molecule has 0 radical (unpaired) electrons. The van der Waals surface area contributed by atoms with Crippen molar-refractivity contribution in [3.05, 3.63) is 72.9 Å². The maximum atomic E-state index is 12.7. The standard InChI is InChI=1S/C23H19ClIN5O3S/c1-12-18-21(26)27-11-28-23(18)34-20(12)22(31)30-29-9-14-7-16(25)19(17(8-14)32-2)33-10-13-3-5-15(24)6-4-13/h3-9,11H,10H2,1-2H3,(H,30,31)(H2,26,27,28)/b29-9-. The third-order valence-corrected chi connectivity index (χ3v) is 7.14. The van der Waals surface area contributed by atoms with Crippen molar-refractivity contribution in [3.8, 4) is 11.5 Å². The van der Waals surface area contributed by atoms with Crippen LogP contribution in [0.4, 0.5) is 5.82 Å². The number of fused-ring (bicyclic) bond motifs is 1. The Kier molecular flexibility index (Phi) is 7.49. The molecule has 0 unspecified atom stereocenters. The predicted molar refractivity (Wildman–Crippen MR) is 143 cm³/mol. The largest absolute Gasteiger partial charge is 0.493 e. The van der Waals surface area contributed by atoms with E-state index in [1.165, 1.54) is 17.7 Å². The van der Waals surface area contributed by atoms with E-state index in [2.05, 4.69) is 43.1 Å². The van der Waals surface area contributed by atoms with Crippen LogP contribution in [-0.4, -0.2) is 29.2 Å². The lowest BCUT2D eigenvalue weighted by molar-refractivity contribution is 0.0958. The fourth-order valence-corrected chi connectivity index (χ4v) is 5.18. The Balaban J connectivity index is 1.47. The van der Waals surface area contributed by atoms with Gasteiger partial charge in [-0.1, -0.05) is 23.7 Å². The first-order chi connectivity index (χ1) is 16.4. The monoisotopic (exact) mass is 607 g/mol. The Bertz CT molecular complexity index is 1390. The number of nitrogens with one attached hydrogen (secondary N) is 1. The van der Waals surface area contributed by atoms with E-state index in [0.29, 0.717) is 44.0 Å². The number of aromatic nitrogens is 2. The lowest BCUT2D eigenvalue weighted by atomic mass is 10.2. The second-order valence-electron chi connectivity index (χ2n) is 7.14. The van der Waals surface area contributed by atoms with Crippen LogP contribution in [0, 0.1) is 10.5 Å². The Morgan fingerprint density at radius 2 is 2.06 bits per heavy atom. The molecule has 11 heteroatoms. The number of nitrogens with zero attached hydrogens (tertiary/aromatic N) is 3. The van der Waals surface area contributed by atoms with Crippen molar-refractivity contribution in [2.75, 3.05) is 12.8 Å². The molecule has 8 nitrogen and oxygen atoms in total. The van der Waals surface area contributed by atoms with Crippen molar-refractivity contribution in [2.45, 2.75) is 13.5 Å². The maximum Gasteiger partial charge on any atom is 0.281 e. The third kappa shape index (κ3) is 5.24. The first-order valence-corrected chi connectivity index (χ1v) is 12.2. The van der Waals surface area contributed by atoms with Gasteiger partial charge in [0.25, 0.3) is 5.91 Å². The zero-order chi connectivity index (χ0) is 24.2. The topological polar surface area (TPSA) is 112 Å². The smallest absolute Gasteiger partial charge is 0.281 e. The van der Waals surface area contributed by atoms with E-state index < -0.39 is 0 Å². The summed E-state index contributed by atoms with van der Waals surface area (Å²) in [5.74, 6) is 1.18. The van der Waals surface area contributed by atoms with Gasteiger partial charge in [0, 0.05) is 5.02 Å². The van der Waals surface area contributed by atoms with Gasteiger partial charge in [0.1, 0.15) is 23.6 Å². The number of rotatable bonds is 7. The number of methoxy groups -OCH3 is 1. The molecule has 0 atom stereocenters. The van der Waals surface area contributed by atoms with Gasteiger partial charge in [-0.05, 0) is 70.5 Å². The summed E-state index contributed by atoms with van der Waals surface area (Å²) in [5, 5.41) is 5.47. The van der Waals surface area contributed by atoms with E-state index in [1.54, 1.807) is 19.4 Å². The molecule has 1 amide bonds. The lowest BCUT2D eigenvalue weighted by Crippen LogP contribution is -2.17. The molecule has 0 aliphatic carbocycles. The van der Waals surface area contributed by atoms with Crippen LogP contribution in [0.1, 0.15) is 26.4 Å². The first kappa shape index (κ1) is 24.2. The average Bonchev–Trinajstić information content (AvgIpc) is 3.16. The van der Waals surface area contributed by atoms with Gasteiger partial charge in [-0.25, -0.2) is 15.4 Å². The summed E-state index contributed by atoms with van der Waals surface area (Å²) in [6.45, 7) is 2.18. The van der Waals surface area contributed by atoms with Gasteiger partial charge >= 0.3 is 0 Å². The molecule has 2 heterocycles. The highest BCUT2D eigenvalue weighted by Gasteiger charge is 2.18. The Morgan fingerprint density at radius 3 is 2.76 bits per heavy atom. The second kappa shape index (κ2) is 10.5. The number of hydrogen-bond donors (Lipinski definition) is 2. The Hall–Kier alpha value is -2.96. The molecule has 4 aromatic rings. The normalized spacial score (nSPS) is 11.2. The number of hydrazone groups is 1. The van der Waals surface area contributed by atoms with Crippen LogP contribution >= 0.6 is 45.5 Å². The van der Waals surface area contributed by atoms with Crippen molar-refractivity contribution in [3.63, 3.8) is 0 Å². The summed E-state index contributed by atoms with van der Waals surface area (Å²) in [6.07, 6.45) is 2.92. The molecule has 2 aromatic carbocycles. The number of aryl methyl sites for hydroxylation is 1. The van der Waals surface area contributed by atoms with Crippen molar-refractivity contribution in [1.29, 1.82) is 0 Å². The van der Waals surface area contributed by atoms with Crippen LogP contribution in [0.15, 0.2) is 47.8 Å². The molecule has 0 saturated heterocycles. The zero-order valence-electron chi connectivity index (χ0n) is 18.1. The highest BCUT2D eigenvalue weighted by molar-refractivity contribution is 14.1. The highest BCUT2D eigenvalue weighted by atomic mass is 127. The molecule has 2 aromatic heterocycles. The minimum absolute atomic E-state index is 0.347. The van der Waals surface area contributed by atoms with Crippen molar-refractivity contribution in [2.24, 2.45) is 5.10 Å². The van der Waals surface area contributed by atoms with Crippen LogP contribution in [0.3, 0.4) is 0 Å². The van der Waals surface area contributed by atoms with E-state index in [9.17, 15) is 4.79 Å². The Labute approximate surface area is 218 Å². The molecule has 0 spiro atoms. The maximum absolute atomic E-state index is 12.7. The molecular weight excluding hydrogens is 589 g/mol. The van der Waals surface area contributed by atoms with Crippen LogP contribution in [-0.2, 0) is 6.61 Å². The van der Waals surface area contributed by atoms with E-state index >= 15 is 0 Å². The molecule has 174 valence electrons. The number of anilines is 1. The van der Waals surface area contributed by atoms with Crippen LogP contribution in [0.2, 0.25) is 5.02 Å². The number of nitrogen functional groups attached to an aromatic ring is 1. The van der Waals surface area contributed by atoms with Crippen molar-refractivity contribution < 1.29 is 14.3 Å². The first-order valence-electron chi connectivity index (χ1n) is 9.95. The van der Waals surface area contributed by atoms with Crippen molar-refractivity contribution in [1.82, 2.24) is 15.4 Å². The molecule has 3 N–H and O–H groups in total. The SMILES string of the molecule is COc1cc(/C=N\NC(=O)c2sc3ncnc(N)c3c2C)cc(I)c1OCc1ccc(Cl)cc1. The second-order valence-corrected chi connectivity index (χ2v) is 9.74. The number of benzene rings is 2. The summed E-state index contributed by atoms with van der Waals surface area (Å²) in [4.78, 5) is 22.0. The molecule has 4 rings (SSSR count). The van der Waals surface area contributed by atoms with Gasteiger partial charge in [0.2, 0.25) is 0 Å². The van der Waals surface area contributed by atoms with E-state index in [1.807, 2.05) is 37.3 Å². The van der Waals surface area contributed by atoms with Gasteiger partial charge in [-0.3, -0.25) is 4.79 Å². The summed E-state index contributed by atoms with van der Waals surface area (Å²) in [5.41, 5.74) is 10.9. The van der Waals surface area contributed by atoms with Gasteiger partial charge in [-0.2, -0.15) is 5.10 Å². The van der Waals surface area contributed by atoms with E-state index in [0.717, 1.165) is 20.3 Å². The number of amides is 1. The highest BCUT2D eigenvalue weighted by Crippen LogP contribution is 2.34. The minimum Gasteiger partial charge on any atom is -0.493 e. The number of carbonyl (C=O) groups excluding carboxylic acids is 1. The zero-order valence-corrected chi connectivity index (χ0v) is 21.9. The predicted octanol–water partition coefficient (Wildman–Crippen LogP) is 5.19. The molecule has 0 fully saturated rings. The molecule has 34 heavy (non-hydrogen) atoms. The number of halogens is 2. The number of hydrogen-bond acceptors (Lipinski definition) is 8. The van der Waals surface area contributed by atoms with Gasteiger partial charge in [0.05, 0.1) is 27.2 Å².